The maximum absolute atomic E-state index is 11.5. The maximum Gasteiger partial charge on any atom is 0.309 e. The van der Waals surface area contributed by atoms with Crippen molar-refractivity contribution in [1.82, 2.24) is 4.90 Å². The highest BCUT2D eigenvalue weighted by molar-refractivity contribution is 7.10. The van der Waals surface area contributed by atoms with Crippen LogP contribution in [0.3, 0.4) is 0 Å². The number of rotatable bonds is 3. The summed E-state index contributed by atoms with van der Waals surface area (Å²) in [7, 11) is 0. The molecule has 2 heterocycles. The van der Waals surface area contributed by atoms with E-state index in [1.54, 1.807) is 4.88 Å². The zero-order chi connectivity index (χ0) is 14.2. The van der Waals surface area contributed by atoms with Crippen molar-refractivity contribution in [3.8, 4) is 0 Å². The van der Waals surface area contributed by atoms with Gasteiger partial charge in [0.25, 0.3) is 0 Å². The van der Waals surface area contributed by atoms with E-state index in [4.69, 9.17) is 0 Å². The van der Waals surface area contributed by atoms with Crippen LogP contribution in [0.15, 0.2) is 11.4 Å². The molecule has 1 aromatic heterocycles. The molecule has 3 nitrogen and oxygen atoms in total. The number of likely N-dealkylation sites (tertiary alicyclic amines) is 1. The Bertz CT molecular complexity index is 488. The van der Waals surface area contributed by atoms with Crippen molar-refractivity contribution in [2.75, 3.05) is 13.1 Å². The zero-order valence-electron chi connectivity index (χ0n) is 12.1. The molecule has 0 bridgehead atoms. The Labute approximate surface area is 124 Å². The predicted octanol–water partition coefficient (Wildman–Crippen LogP) is 3.70. The quantitative estimate of drug-likeness (QED) is 0.923. The number of nitrogens with zero attached hydrogens (tertiary/aromatic N) is 1. The van der Waals surface area contributed by atoms with Gasteiger partial charge in [0.15, 0.2) is 0 Å². The molecule has 3 rings (SSSR count). The summed E-state index contributed by atoms with van der Waals surface area (Å²) in [6.07, 6.45) is 6.09. The Kier molecular flexibility index (Phi) is 3.87. The van der Waals surface area contributed by atoms with Gasteiger partial charge in [-0.25, -0.2) is 0 Å². The van der Waals surface area contributed by atoms with Crippen LogP contribution >= 0.6 is 11.3 Å². The fraction of sp³-hybridized carbons (Fsp3) is 0.688. The van der Waals surface area contributed by atoms with Crippen molar-refractivity contribution in [3.05, 3.63) is 21.9 Å². The molecule has 1 aliphatic heterocycles. The largest absolute Gasteiger partial charge is 0.481 e. The first kappa shape index (κ1) is 14.1. The Morgan fingerprint density at radius 2 is 2.25 bits per heavy atom. The highest BCUT2D eigenvalue weighted by Gasteiger charge is 2.41. The Balaban J connectivity index is 1.72. The van der Waals surface area contributed by atoms with E-state index in [2.05, 4.69) is 16.3 Å². The van der Waals surface area contributed by atoms with E-state index in [1.165, 1.54) is 24.8 Å². The standard InChI is InChI=1S/C16H23NO2S/c1-2-16(15(18)19)7-9-17(10-8-16)13-4-3-5-14-12(13)6-11-20-14/h6,11,13H,2-5,7-10H2,1H3,(H,18,19). The summed E-state index contributed by atoms with van der Waals surface area (Å²) in [6.45, 7) is 3.88. The third-order valence-electron chi connectivity index (χ3n) is 5.35. The molecule has 2 aliphatic rings. The van der Waals surface area contributed by atoms with Gasteiger partial charge in [-0.15, -0.1) is 11.3 Å². The fourth-order valence-electron chi connectivity index (χ4n) is 3.82. The lowest BCUT2D eigenvalue weighted by Crippen LogP contribution is -2.45. The third-order valence-corrected chi connectivity index (χ3v) is 6.34. The van der Waals surface area contributed by atoms with Gasteiger partial charge in [0.1, 0.15) is 0 Å². The van der Waals surface area contributed by atoms with E-state index in [0.29, 0.717) is 6.04 Å². The molecular formula is C16H23NO2S. The molecule has 0 radical (unpaired) electrons. The molecule has 1 aliphatic carbocycles. The van der Waals surface area contributed by atoms with E-state index >= 15 is 0 Å². The summed E-state index contributed by atoms with van der Waals surface area (Å²) in [5, 5.41) is 11.7. The van der Waals surface area contributed by atoms with E-state index in [9.17, 15) is 9.90 Å². The lowest BCUT2D eigenvalue weighted by Gasteiger charge is -2.43. The topological polar surface area (TPSA) is 40.5 Å². The first-order chi connectivity index (χ1) is 9.66. The Morgan fingerprint density at radius 1 is 1.50 bits per heavy atom. The fourth-order valence-corrected chi connectivity index (χ4v) is 4.80. The molecule has 1 saturated heterocycles. The summed E-state index contributed by atoms with van der Waals surface area (Å²) in [6, 6.07) is 2.82. The molecule has 0 aromatic carbocycles. The summed E-state index contributed by atoms with van der Waals surface area (Å²) >= 11 is 1.88. The van der Waals surface area contributed by atoms with Crippen molar-refractivity contribution in [2.45, 2.75) is 51.5 Å². The second-order valence-electron chi connectivity index (χ2n) is 6.18. The predicted molar refractivity (Wildman–Crippen MR) is 81.2 cm³/mol. The van der Waals surface area contributed by atoms with Crippen LogP contribution in [0, 0.1) is 5.41 Å². The number of aryl methyl sites for hydroxylation is 1. The molecule has 4 heteroatoms. The second-order valence-corrected chi connectivity index (χ2v) is 7.18. The second kappa shape index (κ2) is 5.49. The first-order valence-corrected chi connectivity index (χ1v) is 8.58. The lowest BCUT2D eigenvalue weighted by atomic mass is 9.75. The van der Waals surface area contributed by atoms with Gasteiger partial charge in [-0.1, -0.05) is 6.92 Å². The van der Waals surface area contributed by atoms with Gasteiger partial charge in [-0.3, -0.25) is 9.69 Å². The molecule has 1 aromatic rings. The van der Waals surface area contributed by atoms with E-state index < -0.39 is 11.4 Å². The molecule has 110 valence electrons. The molecule has 0 saturated carbocycles. The average molecular weight is 293 g/mol. The number of hydrogen-bond donors (Lipinski definition) is 1. The lowest BCUT2D eigenvalue weighted by molar-refractivity contribution is -0.152. The van der Waals surface area contributed by atoms with Crippen LogP contribution < -0.4 is 0 Å². The SMILES string of the molecule is CCC1(C(=O)O)CCN(C2CCCc3sccc32)CC1. The van der Waals surface area contributed by atoms with Crippen LogP contribution in [0.5, 0.6) is 0 Å². The highest BCUT2D eigenvalue weighted by Crippen LogP contribution is 2.42. The summed E-state index contributed by atoms with van der Waals surface area (Å²) in [5.41, 5.74) is 1.04. The molecule has 1 N–H and O–H groups in total. The van der Waals surface area contributed by atoms with Crippen LogP contribution in [0.1, 0.15) is 55.5 Å². The van der Waals surface area contributed by atoms with Gasteiger partial charge in [-0.2, -0.15) is 0 Å². The van der Waals surface area contributed by atoms with Gasteiger partial charge in [-0.05, 0) is 68.6 Å². The van der Waals surface area contributed by atoms with Gasteiger partial charge < -0.3 is 5.11 Å². The number of piperidine rings is 1. The monoisotopic (exact) mass is 293 g/mol. The molecule has 1 atom stereocenters. The summed E-state index contributed by atoms with van der Waals surface area (Å²) in [4.78, 5) is 15.6. The summed E-state index contributed by atoms with van der Waals surface area (Å²) < 4.78 is 0. The minimum absolute atomic E-state index is 0.470. The molecule has 1 unspecified atom stereocenters. The molecular weight excluding hydrogens is 270 g/mol. The molecule has 0 spiro atoms. The van der Waals surface area contributed by atoms with Crippen LogP contribution in [-0.4, -0.2) is 29.1 Å². The van der Waals surface area contributed by atoms with Crippen molar-refractivity contribution < 1.29 is 9.90 Å². The first-order valence-electron chi connectivity index (χ1n) is 7.70. The number of thiophene rings is 1. The Morgan fingerprint density at radius 3 is 2.90 bits per heavy atom. The van der Waals surface area contributed by atoms with E-state index in [0.717, 1.165) is 32.4 Å². The van der Waals surface area contributed by atoms with Crippen LogP contribution in [0.2, 0.25) is 0 Å². The zero-order valence-corrected chi connectivity index (χ0v) is 12.9. The maximum atomic E-state index is 11.5. The number of hydrogen-bond acceptors (Lipinski definition) is 3. The number of fused-ring (bicyclic) bond motifs is 1. The number of carbonyl (C=O) groups is 1. The van der Waals surface area contributed by atoms with Gasteiger partial charge >= 0.3 is 5.97 Å². The Hall–Kier alpha value is -0.870. The van der Waals surface area contributed by atoms with E-state index in [-0.39, 0.29) is 0 Å². The van der Waals surface area contributed by atoms with Gasteiger partial charge in [0.2, 0.25) is 0 Å². The number of carboxylic acid groups (broad SMARTS) is 1. The third kappa shape index (κ3) is 2.29. The minimum atomic E-state index is -0.598. The van der Waals surface area contributed by atoms with E-state index in [1.807, 2.05) is 18.3 Å². The van der Waals surface area contributed by atoms with Gasteiger partial charge in [0.05, 0.1) is 5.41 Å². The molecule has 1 fully saturated rings. The number of aliphatic carboxylic acids is 1. The van der Waals surface area contributed by atoms with Crippen molar-refractivity contribution in [2.24, 2.45) is 5.41 Å². The van der Waals surface area contributed by atoms with Crippen molar-refractivity contribution >= 4 is 17.3 Å². The van der Waals surface area contributed by atoms with Crippen molar-refractivity contribution in [1.29, 1.82) is 0 Å². The summed E-state index contributed by atoms with van der Waals surface area (Å²) in [5.74, 6) is -0.598. The van der Waals surface area contributed by atoms with Crippen LogP contribution in [-0.2, 0) is 11.2 Å². The average Bonchev–Trinajstić information content (AvgIpc) is 2.95. The van der Waals surface area contributed by atoms with Gasteiger partial charge in [0, 0.05) is 10.9 Å². The number of carboxylic acids is 1. The van der Waals surface area contributed by atoms with Crippen molar-refractivity contribution in [3.63, 3.8) is 0 Å². The smallest absolute Gasteiger partial charge is 0.309 e. The van der Waals surface area contributed by atoms with Crippen LogP contribution in [0.4, 0.5) is 0 Å². The molecule has 20 heavy (non-hydrogen) atoms. The van der Waals surface area contributed by atoms with Crippen LogP contribution in [0.25, 0.3) is 0 Å². The minimum Gasteiger partial charge on any atom is -0.481 e. The normalized spacial score (nSPS) is 26.1. The highest BCUT2D eigenvalue weighted by atomic mass is 32.1. The molecule has 0 amide bonds.